The van der Waals surface area contributed by atoms with E-state index >= 15 is 0 Å². The summed E-state index contributed by atoms with van der Waals surface area (Å²) in [6.07, 6.45) is -0.492. The van der Waals surface area contributed by atoms with E-state index < -0.39 is 6.09 Å². The van der Waals surface area contributed by atoms with Crippen molar-refractivity contribution in [3.05, 3.63) is 34.2 Å². The zero-order valence-corrected chi connectivity index (χ0v) is 11.5. The Hall–Kier alpha value is -2.11. The summed E-state index contributed by atoms with van der Waals surface area (Å²) >= 11 is 0. The molecule has 19 heavy (non-hydrogen) atoms. The number of benzene rings is 1. The number of nitrogens with one attached hydrogen (secondary N) is 1. The minimum atomic E-state index is -0.492. The first-order valence-corrected chi connectivity index (χ1v) is 6.16. The van der Waals surface area contributed by atoms with Crippen LogP contribution in [0.5, 0.6) is 0 Å². The third-order valence-corrected chi connectivity index (χ3v) is 2.47. The number of anilines is 1. The largest absolute Gasteiger partial charge is 0.450 e. The number of rotatable bonds is 6. The molecular weight excluding hydrogens is 246 g/mol. The maximum atomic E-state index is 11.1. The van der Waals surface area contributed by atoms with E-state index in [0.717, 1.165) is 16.8 Å². The van der Waals surface area contributed by atoms with Gasteiger partial charge < -0.3 is 10.1 Å². The molecule has 1 N–H and O–H groups in total. The molecule has 0 bridgehead atoms. The summed E-state index contributed by atoms with van der Waals surface area (Å²) in [5.74, 6) is 0. The van der Waals surface area contributed by atoms with E-state index in [0.29, 0.717) is 13.2 Å². The molecule has 0 fully saturated rings. The number of ether oxygens (including phenoxy) is 1. The standard InChI is InChI=1S/C13H19N3O3/c1-4-19-13(17)14-5-6-16(15-18)12-8-10(2)7-11(3)9-12/h7-9H,4-6H2,1-3H3,(H,14,17). The van der Waals surface area contributed by atoms with Crippen molar-refractivity contribution in [1.82, 2.24) is 5.32 Å². The molecule has 6 nitrogen and oxygen atoms in total. The molecule has 0 unspecified atom stereocenters. The molecule has 0 heterocycles. The minimum Gasteiger partial charge on any atom is -0.450 e. The van der Waals surface area contributed by atoms with Gasteiger partial charge in [0.25, 0.3) is 0 Å². The van der Waals surface area contributed by atoms with E-state index in [4.69, 9.17) is 4.74 Å². The molecule has 0 aliphatic rings. The van der Waals surface area contributed by atoms with Gasteiger partial charge in [-0.25, -0.2) is 9.80 Å². The zero-order chi connectivity index (χ0) is 14.3. The first kappa shape index (κ1) is 14.9. The van der Waals surface area contributed by atoms with Crippen molar-refractivity contribution in [3.63, 3.8) is 0 Å². The molecule has 0 aliphatic heterocycles. The zero-order valence-electron chi connectivity index (χ0n) is 11.5. The van der Waals surface area contributed by atoms with Crippen molar-refractivity contribution >= 4 is 11.8 Å². The van der Waals surface area contributed by atoms with E-state index in [1.165, 1.54) is 5.01 Å². The van der Waals surface area contributed by atoms with Crippen LogP contribution in [0, 0.1) is 18.8 Å². The predicted molar refractivity (Wildman–Crippen MR) is 74.1 cm³/mol. The highest BCUT2D eigenvalue weighted by atomic mass is 16.5. The Labute approximate surface area is 112 Å². The van der Waals surface area contributed by atoms with Crippen molar-refractivity contribution in [2.45, 2.75) is 20.8 Å². The summed E-state index contributed by atoms with van der Waals surface area (Å²) in [5.41, 5.74) is 2.84. The monoisotopic (exact) mass is 265 g/mol. The maximum Gasteiger partial charge on any atom is 0.407 e. The Morgan fingerprint density at radius 2 is 1.95 bits per heavy atom. The number of hydrogen-bond acceptors (Lipinski definition) is 4. The maximum absolute atomic E-state index is 11.1. The van der Waals surface area contributed by atoms with Crippen LogP contribution >= 0.6 is 0 Å². The molecule has 1 amide bonds. The number of aryl methyl sites for hydroxylation is 2. The second-order valence-corrected chi connectivity index (χ2v) is 4.20. The van der Waals surface area contributed by atoms with Crippen LogP contribution in [0.2, 0.25) is 0 Å². The molecule has 1 aromatic carbocycles. The highest BCUT2D eigenvalue weighted by Crippen LogP contribution is 2.18. The molecule has 0 aliphatic carbocycles. The van der Waals surface area contributed by atoms with Crippen LogP contribution in [0.3, 0.4) is 0 Å². The Bertz CT molecular complexity index is 429. The van der Waals surface area contributed by atoms with E-state index in [1.807, 2.05) is 32.0 Å². The molecule has 6 heteroatoms. The lowest BCUT2D eigenvalue weighted by atomic mass is 10.1. The molecule has 0 saturated carbocycles. The van der Waals surface area contributed by atoms with Crippen molar-refractivity contribution in [1.29, 1.82) is 0 Å². The third kappa shape index (κ3) is 4.95. The second kappa shape index (κ2) is 7.35. The summed E-state index contributed by atoms with van der Waals surface area (Å²) in [5, 5.41) is 6.83. The lowest BCUT2D eigenvalue weighted by Crippen LogP contribution is -2.32. The van der Waals surface area contributed by atoms with Crippen LogP contribution in [0.25, 0.3) is 0 Å². The lowest BCUT2D eigenvalue weighted by Gasteiger charge is -2.16. The summed E-state index contributed by atoms with van der Waals surface area (Å²) in [6, 6.07) is 5.76. The minimum absolute atomic E-state index is 0.289. The van der Waals surface area contributed by atoms with Crippen molar-refractivity contribution < 1.29 is 9.53 Å². The van der Waals surface area contributed by atoms with Crippen LogP contribution in [-0.4, -0.2) is 25.8 Å². The van der Waals surface area contributed by atoms with Gasteiger partial charge in [0, 0.05) is 6.54 Å². The highest BCUT2D eigenvalue weighted by Gasteiger charge is 2.08. The molecule has 104 valence electrons. The Morgan fingerprint density at radius 1 is 1.32 bits per heavy atom. The van der Waals surface area contributed by atoms with E-state index in [2.05, 4.69) is 10.6 Å². The second-order valence-electron chi connectivity index (χ2n) is 4.20. The van der Waals surface area contributed by atoms with Gasteiger partial charge >= 0.3 is 6.09 Å². The first-order valence-electron chi connectivity index (χ1n) is 6.16. The predicted octanol–water partition coefficient (Wildman–Crippen LogP) is 2.54. The van der Waals surface area contributed by atoms with Gasteiger partial charge in [0.2, 0.25) is 0 Å². The SMILES string of the molecule is CCOC(=O)NCCN(N=O)c1cc(C)cc(C)c1. The number of carbonyl (C=O) groups excluding carboxylic acids is 1. The topological polar surface area (TPSA) is 71.0 Å². The van der Waals surface area contributed by atoms with Crippen LogP contribution in [0.15, 0.2) is 23.5 Å². The van der Waals surface area contributed by atoms with Gasteiger partial charge in [-0.2, -0.15) is 0 Å². The molecule has 0 radical (unpaired) electrons. The van der Waals surface area contributed by atoms with Gasteiger partial charge in [-0.15, -0.1) is 4.91 Å². The first-order chi connectivity index (χ1) is 9.06. The fourth-order valence-electron chi connectivity index (χ4n) is 1.76. The van der Waals surface area contributed by atoms with E-state index in [-0.39, 0.29) is 6.54 Å². The fourth-order valence-corrected chi connectivity index (χ4v) is 1.76. The smallest absolute Gasteiger partial charge is 0.407 e. The number of hydrogen-bond donors (Lipinski definition) is 1. The lowest BCUT2D eigenvalue weighted by molar-refractivity contribution is 0.152. The molecule has 0 saturated heterocycles. The molecule has 0 spiro atoms. The van der Waals surface area contributed by atoms with Crippen molar-refractivity contribution in [3.8, 4) is 0 Å². The quantitative estimate of drug-likeness (QED) is 0.633. The average molecular weight is 265 g/mol. The van der Waals surface area contributed by atoms with Crippen LogP contribution < -0.4 is 10.3 Å². The number of carbonyl (C=O) groups is 1. The summed E-state index contributed by atoms with van der Waals surface area (Å²) in [6.45, 7) is 6.54. The van der Waals surface area contributed by atoms with Crippen molar-refractivity contribution in [2.75, 3.05) is 24.7 Å². The molecule has 1 rings (SSSR count). The highest BCUT2D eigenvalue weighted by molar-refractivity contribution is 5.67. The summed E-state index contributed by atoms with van der Waals surface area (Å²) in [7, 11) is 0. The van der Waals surface area contributed by atoms with Crippen LogP contribution in [0.1, 0.15) is 18.1 Å². The van der Waals surface area contributed by atoms with E-state index in [1.54, 1.807) is 6.92 Å². The van der Waals surface area contributed by atoms with Gasteiger partial charge in [0.1, 0.15) is 0 Å². The Kier molecular flexibility index (Phi) is 5.78. The summed E-state index contributed by atoms with van der Waals surface area (Å²) < 4.78 is 4.72. The number of amides is 1. The number of nitrogens with zero attached hydrogens (tertiary/aromatic N) is 2. The normalized spacial score (nSPS) is 9.84. The number of alkyl carbamates (subject to hydrolysis) is 1. The van der Waals surface area contributed by atoms with Crippen LogP contribution in [-0.2, 0) is 4.74 Å². The van der Waals surface area contributed by atoms with Gasteiger partial charge in [0.15, 0.2) is 0 Å². The van der Waals surface area contributed by atoms with Crippen LogP contribution in [0.4, 0.5) is 10.5 Å². The fraction of sp³-hybridized carbons (Fsp3) is 0.462. The van der Waals surface area contributed by atoms with Gasteiger partial charge in [-0.1, -0.05) is 6.07 Å². The van der Waals surface area contributed by atoms with Gasteiger partial charge in [0.05, 0.1) is 24.1 Å². The van der Waals surface area contributed by atoms with E-state index in [9.17, 15) is 9.70 Å². The van der Waals surface area contributed by atoms with Crippen molar-refractivity contribution in [2.24, 2.45) is 5.29 Å². The molecule has 1 aromatic rings. The van der Waals surface area contributed by atoms with Gasteiger partial charge in [-0.3, -0.25) is 0 Å². The Balaban J connectivity index is 2.58. The number of nitroso groups, excluding NO2 is 1. The van der Waals surface area contributed by atoms with Gasteiger partial charge in [-0.05, 0) is 44.0 Å². The average Bonchev–Trinajstić information content (AvgIpc) is 2.33. The Morgan fingerprint density at radius 3 is 2.47 bits per heavy atom. The molecule has 0 atom stereocenters. The molecular formula is C13H19N3O3. The third-order valence-electron chi connectivity index (χ3n) is 2.47. The summed E-state index contributed by atoms with van der Waals surface area (Å²) in [4.78, 5) is 22.0. The molecule has 0 aromatic heterocycles.